The molecule has 3 amide bonds. The molecule has 0 aliphatic carbocycles. The van der Waals surface area contributed by atoms with E-state index in [1.165, 1.54) is 12.0 Å². The average Bonchev–Trinajstić information content (AvgIpc) is 3.05. The summed E-state index contributed by atoms with van der Waals surface area (Å²) in [6, 6.07) is 25.2. The molecule has 1 heterocycles. The molecule has 3 aromatic carbocycles. The number of hydrogen-bond donors (Lipinski definition) is 1. The Morgan fingerprint density at radius 1 is 0.871 bits per heavy atom. The van der Waals surface area contributed by atoms with Crippen molar-refractivity contribution in [1.29, 1.82) is 0 Å². The van der Waals surface area contributed by atoms with Crippen LogP contribution in [0.2, 0.25) is 0 Å². The second kappa shape index (κ2) is 8.44. The Morgan fingerprint density at radius 3 is 2.10 bits per heavy atom. The van der Waals surface area contributed by atoms with Crippen molar-refractivity contribution in [2.24, 2.45) is 0 Å². The summed E-state index contributed by atoms with van der Waals surface area (Å²) in [7, 11) is 1.32. The molecule has 0 bridgehead atoms. The minimum atomic E-state index is -1.17. The SMILES string of the molecule is COC(=O)c1ccc(CN2C(=O)N[C@@](Cc3ccccc3)(c3ccccc3)C2=O)cc1. The Morgan fingerprint density at radius 2 is 1.48 bits per heavy atom. The van der Waals surface area contributed by atoms with E-state index in [4.69, 9.17) is 4.74 Å². The van der Waals surface area contributed by atoms with Gasteiger partial charge in [0.25, 0.3) is 5.91 Å². The van der Waals surface area contributed by atoms with Crippen molar-refractivity contribution < 1.29 is 19.1 Å². The predicted octanol–water partition coefficient (Wildman–Crippen LogP) is 3.66. The van der Waals surface area contributed by atoms with Gasteiger partial charge in [0.05, 0.1) is 19.2 Å². The lowest BCUT2D eigenvalue weighted by molar-refractivity contribution is -0.132. The fourth-order valence-corrected chi connectivity index (χ4v) is 3.86. The molecule has 0 radical (unpaired) electrons. The molecule has 3 aromatic rings. The van der Waals surface area contributed by atoms with Crippen LogP contribution >= 0.6 is 0 Å². The number of esters is 1. The molecule has 0 aromatic heterocycles. The third-order valence-electron chi connectivity index (χ3n) is 5.47. The van der Waals surface area contributed by atoms with Crippen LogP contribution in [0.4, 0.5) is 4.79 Å². The lowest BCUT2D eigenvalue weighted by atomic mass is 9.83. The van der Waals surface area contributed by atoms with Crippen LogP contribution in [0.25, 0.3) is 0 Å². The maximum absolute atomic E-state index is 13.6. The van der Waals surface area contributed by atoms with E-state index in [9.17, 15) is 14.4 Å². The number of ether oxygens (including phenoxy) is 1. The van der Waals surface area contributed by atoms with Crippen molar-refractivity contribution in [3.05, 3.63) is 107 Å². The molecule has 156 valence electrons. The lowest BCUT2D eigenvalue weighted by Crippen LogP contribution is -2.46. The highest BCUT2D eigenvalue weighted by atomic mass is 16.5. The molecule has 6 nitrogen and oxygen atoms in total. The third kappa shape index (κ3) is 3.92. The normalized spacial score (nSPS) is 18.0. The predicted molar refractivity (Wildman–Crippen MR) is 115 cm³/mol. The maximum atomic E-state index is 13.6. The summed E-state index contributed by atoms with van der Waals surface area (Å²) in [6.45, 7) is 0.107. The molecule has 1 saturated heterocycles. The van der Waals surface area contributed by atoms with E-state index >= 15 is 0 Å². The van der Waals surface area contributed by atoms with Crippen LogP contribution in [0.1, 0.15) is 27.0 Å². The van der Waals surface area contributed by atoms with Gasteiger partial charge in [0.1, 0.15) is 0 Å². The van der Waals surface area contributed by atoms with Gasteiger partial charge in [-0.15, -0.1) is 0 Å². The van der Waals surface area contributed by atoms with Crippen molar-refractivity contribution in [2.75, 3.05) is 7.11 Å². The summed E-state index contributed by atoms with van der Waals surface area (Å²) < 4.78 is 4.71. The number of methoxy groups -OCH3 is 1. The number of imide groups is 1. The molecule has 31 heavy (non-hydrogen) atoms. The second-order valence-electron chi connectivity index (χ2n) is 7.44. The zero-order valence-corrected chi connectivity index (χ0v) is 17.1. The molecule has 0 spiro atoms. The number of carbonyl (C=O) groups is 3. The fraction of sp³-hybridized carbons (Fsp3) is 0.160. The molecule has 1 atom stereocenters. The van der Waals surface area contributed by atoms with Gasteiger partial charge in [-0.1, -0.05) is 72.8 Å². The Kier molecular flexibility index (Phi) is 5.54. The smallest absolute Gasteiger partial charge is 0.337 e. The Balaban J connectivity index is 1.65. The monoisotopic (exact) mass is 414 g/mol. The Hall–Kier alpha value is -3.93. The van der Waals surface area contributed by atoms with Gasteiger partial charge < -0.3 is 10.1 Å². The molecule has 1 aliphatic rings. The van der Waals surface area contributed by atoms with Crippen molar-refractivity contribution >= 4 is 17.9 Å². The van der Waals surface area contributed by atoms with Crippen molar-refractivity contribution in [2.45, 2.75) is 18.5 Å². The molecule has 1 aliphatic heterocycles. The largest absolute Gasteiger partial charge is 0.465 e. The zero-order chi connectivity index (χ0) is 21.8. The van der Waals surface area contributed by atoms with Gasteiger partial charge in [-0.2, -0.15) is 0 Å². The van der Waals surface area contributed by atoms with Gasteiger partial charge in [0, 0.05) is 6.42 Å². The van der Waals surface area contributed by atoms with E-state index in [2.05, 4.69) is 5.32 Å². The van der Waals surface area contributed by atoms with E-state index in [0.717, 1.165) is 16.7 Å². The quantitative estimate of drug-likeness (QED) is 0.493. The highest BCUT2D eigenvalue weighted by molar-refractivity contribution is 6.07. The number of nitrogens with zero attached hydrogens (tertiary/aromatic N) is 1. The first-order valence-corrected chi connectivity index (χ1v) is 9.94. The Labute approximate surface area is 180 Å². The van der Waals surface area contributed by atoms with Crippen LogP contribution in [-0.2, 0) is 28.0 Å². The summed E-state index contributed by atoms with van der Waals surface area (Å²) >= 11 is 0. The van der Waals surface area contributed by atoms with Crippen molar-refractivity contribution in [3.63, 3.8) is 0 Å². The first kappa shape index (κ1) is 20.3. The number of amides is 3. The van der Waals surface area contributed by atoms with Crippen LogP contribution in [0.15, 0.2) is 84.9 Å². The molecule has 1 N–H and O–H groups in total. The van der Waals surface area contributed by atoms with Gasteiger partial charge in [-0.05, 0) is 28.8 Å². The van der Waals surface area contributed by atoms with Gasteiger partial charge in [0.15, 0.2) is 5.54 Å². The molecule has 4 rings (SSSR count). The molecule has 0 unspecified atom stereocenters. The second-order valence-corrected chi connectivity index (χ2v) is 7.44. The molecule has 1 fully saturated rings. The van der Waals surface area contributed by atoms with E-state index < -0.39 is 17.5 Å². The molecule has 6 heteroatoms. The number of carbonyl (C=O) groups excluding carboxylic acids is 3. The number of hydrogen-bond acceptors (Lipinski definition) is 4. The van der Waals surface area contributed by atoms with E-state index in [1.807, 2.05) is 60.7 Å². The first-order valence-electron chi connectivity index (χ1n) is 9.94. The van der Waals surface area contributed by atoms with E-state index in [0.29, 0.717) is 12.0 Å². The van der Waals surface area contributed by atoms with Crippen LogP contribution in [0, 0.1) is 0 Å². The van der Waals surface area contributed by atoms with Crippen LogP contribution in [0.5, 0.6) is 0 Å². The van der Waals surface area contributed by atoms with Crippen LogP contribution in [-0.4, -0.2) is 29.9 Å². The van der Waals surface area contributed by atoms with Gasteiger partial charge in [-0.3, -0.25) is 9.69 Å². The van der Waals surface area contributed by atoms with Crippen LogP contribution < -0.4 is 5.32 Å². The molecule has 0 saturated carbocycles. The standard InChI is InChI=1S/C25H22N2O4/c1-31-22(28)20-14-12-19(13-15-20)17-27-23(29)25(26-24(27)30,21-10-6-3-7-11-21)16-18-8-4-2-5-9-18/h2-15H,16-17H2,1H3,(H,26,30)/t25-/m0/s1. The van der Waals surface area contributed by atoms with Gasteiger partial charge in [-0.25, -0.2) is 9.59 Å². The minimum Gasteiger partial charge on any atom is -0.465 e. The first-order chi connectivity index (χ1) is 15.0. The lowest BCUT2D eigenvalue weighted by Gasteiger charge is -2.27. The van der Waals surface area contributed by atoms with E-state index in [1.54, 1.807) is 24.3 Å². The number of urea groups is 1. The number of rotatable bonds is 6. The summed E-state index contributed by atoms with van der Waals surface area (Å²) in [4.78, 5) is 39.4. The number of nitrogens with one attached hydrogen (secondary N) is 1. The average molecular weight is 414 g/mol. The maximum Gasteiger partial charge on any atom is 0.337 e. The van der Waals surface area contributed by atoms with Gasteiger partial charge >= 0.3 is 12.0 Å². The Bertz CT molecular complexity index is 1100. The van der Waals surface area contributed by atoms with Crippen molar-refractivity contribution in [1.82, 2.24) is 10.2 Å². The van der Waals surface area contributed by atoms with E-state index in [-0.39, 0.29) is 12.5 Å². The highest BCUT2D eigenvalue weighted by Crippen LogP contribution is 2.33. The number of benzene rings is 3. The van der Waals surface area contributed by atoms with Crippen LogP contribution in [0.3, 0.4) is 0 Å². The topological polar surface area (TPSA) is 75.7 Å². The molecular weight excluding hydrogens is 392 g/mol. The molecular formula is C25H22N2O4. The fourth-order valence-electron chi connectivity index (χ4n) is 3.86. The summed E-state index contributed by atoms with van der Waals surface area (Å²) in [6.07, 6.45) is 0.347. The minimum absolute atomic E-state index is 0.107. The summed E-state index contributed by atoms with van der Waals surface area (Å²) in [5.74, 6) is -0.739. The van der Waals surface area contributed by atoms with Crippen molar-refractivity contribution in [3.8, 4) is 0 Å². The highest BCUT2D eigenvalue weighted by Gasteiger charge is 2.52. The van der Waals surface area contributed by atoms with Gasteiger partial charge in [0.2, 0.25) is 0 Å². The summed E-state index contributed by atoms with van der Waals surface area (Å²) in [5, 5.41) is 2.95. The third-order valence-corrected chi connectivity index (χ3v) is 5.47. The summed E-state index contributed by atoms with van der Waals surface area (Å²) in [5.41, 5.74) is 1.65. The zero-order valence-electron chi connectivity index (χ0n) is 17.1.